The van der Waals surface area contributed by atoms with Crippen molar-refractivity contribution < 1.29 is 18.9 Å². The Hall–Kier alpha value is -3.42. The van der Waals surface area contributed by atoms with Crippen LogP contribution in [0.3, 0.4) is 0 Å². The lowest BCUT2D eigenvalue weighted by Gasteiger charge is -2.27. The predicted molar refractivity (Wildman–Crippen MR) is 123 cm³/mol. The minimum Gasteiger partial charge on any atom is -0.497 e. The van der Waals surface area contributed by atoms with E-state index >= 15 is 0 Å². The second-order valence-electron chi connectivity index (χ2n) is 8.21. The molecule has 0 spiro atoms. The number of ether oxygens (including phenoxy) is 4. The Labute approximate surface area is 192 Å². The van der Waals surface area contributed by atoms with Gasteiger partial charge in [0.05, 0.1) is 38.5 Å². The molecular weight excluding hydrogens is 424 g/mol. The Bertz CT molecular complexity index is 933. The molecule has 0 saturated carbocycles. The van der Waals surface area contributed by atoms with Gasteiger partial charge in [-0.15, -0.1) is 0 Å². The summed E-state index contributed by atoms with van der Waals surface area (Å²) < 4.78 is 22.8. The second kappa shape index (κ2) is 10.9. The van der Waals surface area contributed by atoms with Crippen LogP contribution in [0.4, 0.5) is 0 Å². The maximum atomic E-state index is 9.25. The molecule has 0 N–H and O–H groups in total. The van der Waals surface area contributed by atoms with E-state index in [1.807, 2.05) is 48.5 Å². The zero-order valence-corrected chi connectivity index (χ0v) is 19.2. The molecule has 0 radical (unpaired) electrons. The molecule has 10 nitrogen and oxygen atoms in total. The normalized spacial score (nSPS) is 20.7. The molecule has 0 aromatic heterocycles. The van der Waals surface area contributed by atoms with E-state index in [-0.39, 0.29) is 0 Å². The van der Waals surface area contributed by atoms with E-state index in [4.69, 9.17) is 18.9 Å². The third-order valence-electron chi connectivity index (χ3n) is 5.53. The Morgan fingerprint density at radius 1 is 0.788 bits per heavy atom. The van der Waals surface area contributed by atoms with Gasteiger partial charge in [-0.3, -0.25) is 0 Å². The van der Waals surface area contributed by atoms with Crippen molar-refractivity contribution in [1.82, 2.24) is 0 Å². The lowest BCUT2D eigenvalue weighted by Crippen LogP contribution is -2.42. The first-order chi connectivity index (χ1) is 15.9. The zero-order valence-electron chi connectivity index (χ0n) is 19.2. The number of benzene rings is 2. The molecule has 1 fully saturated rings. The SMILES string of the molecule is COc1ccc(C[C@@H](N=[N+]=[N-])[C@@H]2OC(C)(C)O[C@H]2[C@@H](Cc2ccc(OC)cc2)N=[N+]=[N-])cc1. The van der Waals surface area contributed by atoms with Crippen molar-refractivity contribution in [3.8, 4) is 11.5 Å². The maximum absolute atomic E-state index is 9.25. The standard InChI is InChI=1S/C23H28N6O4/c1-23(2)32-21(19(26-28-24)13-15-5-9-17(30-3)10-6-15)22(33-23)20(27-29-25)14-16-7-11-18(31-4)12-8-16/h5-12,19-22H,13-14H2,1-4H3/t19-,20-,21+,22+/m1/s1. The summed E-state index contributed by atoms with van der Waals surface area (Å²) in [4.78, 5) is 6.10. The average Bonchev–Trinajstić information content (AvgIpc) is 3.14. The molecule has 4 atom stereocenters. The molecule has 0 amide bonds. The highest BCUT2D eigenvalue weighted by atomic mass is 16.8. The van der Waals surface area contributed by atoms with Crippen molar-refractivity contribution in [2.75, 3.05) is 14.2 Å². The highest BCUT2D eigenvalue weighted by Gasteiger charge is 2.48. The maximum Gasteiger partial charge on any atom is 0.163 e. The van der Waals surface area contributed by atoms with Crippen molar-refractivity contribution >= 4 is 0 Å². The highest BCUT2D eigenvalue weighted by molar-refractivity contribution is 5.29. The first kappa shape index (κ1) is 24.2. The smallest absolute Gasteiger partial charge is 0.163 e. The predicted octanol–water partition coefficient (Wildman–Crippen LogP) is 5.37. The van der Waals surface area contributed by atoms with Crippen LogP contribution in [0, 0.1) is 0 Å². The Balaban J connectivity index is 1.88. The van der Waals surface area contributed by atoms with Gasteiger partial charge in [0.25, 0.3) is 0 Å². The van der Waals surface area contributed by atoms with Crippen molar-refractivity contribution in [2.45, 2.75) is 56.8 Å². The van der Waals surface area contributed by atoms with Crippen LogP contribution in [0.1, 0.15) is 25.0 Å². The van der Waals surface area contributed by atoms with Crippen LogP contribution < -0.4 is 9.47 Å². The molecule has 1 heterocycles. The molecular formula is C23H28N6O4. The fourth-order valence-corrected chi connectivity index (χ4v) is 4.00. The molecule has 174 valence electrons. The molecule has 0 unspecified atom stereocenters. The van der Waals surface area contributed by atoms with Crippen molar-refractivity contribution in [3.05, 3.63) is 80.5 Å². The van der Waals surface area contributed by atoms with Gasteiger partial charge in [0, 0.05) is 9.82 Å². The van der Waals surface area contributed by atoms with Crippen LogP contribution in [0.5, 0.6) is 11.5 Å². The van der Waals surface area contributed by atoms with Gasteiger partial charge in [-0.2, -0.15) is 0 Å². The highest BCUT2D eigenvalue weighted by Crippen LogP contribution is 2.36. The number of methoxy groups -OCH3 is 2. The van der Waals surface area contributed by atoms with E-state index in [9.17, 15) is 11.1 Å². The Kier molecular flexibility index (Phi) is 8.03. The van der Waals surface area contributed by atoms with Gasteiger partial charge in [-0.25, -0.2) is 0 Å². The van der Waals surface area contributed by atoms with Gasteiger partial charge < -0.3 is 18.9 Å². The Morgan fingerprint density at radius 2 is 1.15 bits per heavy atom. The van der Waals surface area contributed by atoms with Crippen LogP contribution >= 0.6 is 0 Å². The summed E-state index contributed by atoms with van der Waals surface area (Å²) in [7, 11) is 3.21. The molecule has 1 aliphatic heterocycles. The Morgan fingerprint density at radius 3 is 1.45 bits per heavy atom. The van der Waals surface area contributed by atoms with Crippen LogP contribution in [0.25, 0.3) is 20.9 Å². The summed E-state index contributed by atoms with van der Waals surface area (Å²) in [6.45, 7) is 3.59. The molecule has 0 bridgehead atoms. The summed E-state index contributed by atoms with van der Waals surface area (Å²) in [5.74, 6) is 0.546. The number of azide groups is 2. The second-order valence-corrected chi connectivity index (χ2v) is 8.21. The molecule has 3 rings (SSSR count). The lowest BCUT2D eigenvalue weighted by molar-refractivity contribution is -0.149. The van der Waals surface area contributed by atoms with E-state index in [2.05, 4.69) is 20.1 Å². The fraction of sp³-hybridized carbons (Fsp3) is 0.478. The minimum absolute atomic E-state index is 0.431. The first-order valence-electron chi connectivity index (χ1n) is 10.6. The molecule has 1 saturated heterocycles. The third kappa shape index (κ3) is 6.31. The third-order valence-corrected chi connectivity index (χ3v) is 5.53. The average molecular weight is 453 g/mol. The summed E-state index contributed by atoms with van der Waals surface area (Å²) in [5, 5.41) is 8.05. The molecule has 0 aliphatic carbocycles. The van der Waals surface area contributed by atoms with E-state index < -0.39 is 30.1 Å². The summed E-state index contributed by atoms with van der Waals surface area (Å²) in [6, 6.07) is 13.9. The van der Waals surface area contributed by atoms with Gasteiger partial charge in [0.1, 0.15) is 11.5 Å². The van der Waals surface area contributed by atoms with Gasteiger partial charge >= 0.3 is 0 Å². The number of hydrogen-bond acceptors (Lipinski definition) is 6. The summed E-state index contributed by atoms with van der Waals surface area (Å²) in [5.41, 5.74) is 20.4. The van der Waals surface area contributed by atoms with E-state index in [1.165, 1.54) is 0 Å². The van der Waals surface area contributed by atoms with Gasteiger partial charge in [0.15, 0.2) is 5.79 Å². The van der Waals surface area contributed by atoms with Crippen LogP contribution in [-0.2, 0) is 22.3 Å². The molecule has 10 heteroatoms. The monoisotopic (exact) mass is 452 g/mol. The van der Waals surface area contributed by atoms with E-state index in [0.717, 1.165) is 22.6 Å². The summed E-state index contributed by atoms with van der Waals surface area (Å²) >= 11 is 0. The van der Waals surface area contributed by atoms with Gasteiger partial charge in [-0.1, -0.05) is 34.5 Å². The quantitative estimate of drug-likeness (QED) is 0.272. The largest absolute Gasteiger partial charge is 0.497 e. The van der Waals surface area contributed by atoms with Crippen LogP contribution in [-0.4, -0.2) is 44.3 Å². The van der Waals surface area contributed by atoms with Crippen LogP contribution in [0.2, 0.25) is 0 Å². The number of hydrogen-bond donors (Lipinski definition) is 0. The number of nitrogens with zero attached hydrogens (tertiary/aromatic N) is 6. The fourth-order valence-electron chi connectivity index (χ4n) is 4.00. The zero-order chi connectivity index (χ0) is 23.8. The van der Waals surface area contributed by atoms with Crippen LogP contribution in [0.15, 0.2) is 58.8 Å². The molecule has 1 aliphatic rings. The van der Waals surface area contributed by atoms with Crippen molar-refractivity contribution in [1.29, 1.82) is 0 Å². The summed E-state index contributed by atoms with van der Waals surface area (Å²) in [6.07, 6.45) is -0.348. The number of rotatable bonds is 10. The van der Waals surface area contributed by atoms with Crippen molar-refractivity contribution in [3.63, 3.8) is 0 Å². The first-order valence-corrected chi connectivity index (χ1v) is 10.6. The molecule has 33 heavy (non-hydrogen) atoms. The van der Waals surface area contributed by atoms with Crippen molar-refractivity contribution in [2.24, 2.45) is 10.2 Å². The van der Waals surface area contributed by atoms with E-state index in [1.54, 1.807) is 28.1 Å². The van der Waals surface area contributed by atoms with Gasteiger partial charge in [-0.05, 0) is 73.1 Å². The molecule has 2 aromatic carbocycles. The van der Waals surface area contributed by atoms with E-state index in [0.29, 0.717) is 12.8 Å². The minimum atomic E-state index is -0.929. The topological polar surface area (TPSA) is 134 Å². The molecule has 2 aromatic rings. The van der Waals surface area contributed by atoms with Gasteiger partial charge in [0.2, 0.25) is 0 Å². The lowest BCUT2D eigenvalue weighted by atomic mass is 9.92.